The van der Waals surface area contributed by atoms with Gasteiger partial charge in [-0.2, -0.15) is 83.1 Å². The van der Waals surface area contributed by atoms with Crippen LogP contribution >= 0.6 is 10.3 Å². The molecule has 4 nitrogen and oxygen atoms in total. The molecule has 0 N–H and O–H groups in total. The minimum atomic E-state index is -8.92. The zero-order chi connectivity index (χ0) is 32.8. The van der Waals surface area contributed by atoms with Crippen molar-refractivity contribution in [2.45, 2.75) is 79.6 Å². The number of carbonyl (C=O) groups excluding carboxylic acids is 1. The number of unbranched alkanes of at least 4 members (excludes halogenated alkanes) is 2. The van der Waals surface area contributed by atoms with Gasteiger partial charge in [0, 0.05) is 6.42 Å². The van der Waals surface area contributed by atoms with Crippen LogP contribution in [0.15, 0.2) is 0 Å². The molecule has 0 spiro atoms. The Kier molecular flexibility index (Phi) is 10.8. The van der Waals surface area contributed by atoms with Gasteiger partial charge in [0.05, 0.1) is 5.75 Å². The third kappa shape index (κ3) is 6.24. The summed E-state index contributed by atoms with van der Waals surface area (Å²) >= 11 is 0. The van der Waals surface area contributed by atoms with Crippen LogP contribution < -0.4 is 0 Å². The minimum Gasteiger partial charge on any atom is -0.299 e. The molecule has 23 heteroatoms. The van der Waals surface area contributed by atoms with Crippen molar-refractivity contribution < 1.29 is 91.5 Å². The van der Waals surface area contributed by atoms with Crippen molar-refractivity contribution in [3.8, 4) is 0 Å². The molecule has 0 heterocycles. The van der Waals surface area contributed by atoms with Gasteiger partial charge >= 0.3 is 57.1 Å². The highest BCUT2D eigenvalue weighted by atomic mass is 32.3. The normalized spacial score (nSPS) is 16.3. The molecule has 0 rings (SSSR count). The number of hydrogen-bond donors (Lipinski definition) is 0. The second-order valence-corrected chi connectivity index (χ2v) is 13.7. The Morgan fingerprint density at radius 2 is 0.950 bits per heavy atom. The molecule has 0 aromatic carbocycles. The quantitative estimate of drug-likeness (QED) is 0.134. The SMILES string of the molecule is CCCCCC(=O)CS(C)(C)OS(=O)(=O)C(F)(F)C(F)(F)C(F)(F)C(F)(F)C(F)(F)C(F)(F)C(F)(F)C(F)(F)F. The summed E-state index contributed by atoms with van der Waals surface area (Å²) in [6.07, 6.45) is -6.22. The van der Waals surface area contributed by atoms with E-state index in [0.717, 1.165) is 0 Å². The number of rotatable bonds is 15. The van der Waals surface area contributed by atoms with Gasteiger partial charge in [-0.3, -0.25) is 4.79 Å². The fourth-order valence-corrected chi connectivity index (χ4v) is 6.48. The van der Waals surface area contributed by atoms with E-state index in [1.165, 1.54) is 0 Å². The number of Topliss-reactive ketones (excluding diaryl/α,β-unsaturated/α-hetero) is 1. The van der Waals surface area contributed by atoms with Crippen molar-refractivity contribution in [3.05, 3.63) is 0 Å². The standard InChI is InChI=1S/C17H19F17O4S2/c1-4-5-6-7-9(35)8-39(2,3)38-40(36,37)17(33,34)15(28,29)13(24,25)11(20,21)10(18,19)12(22,23)14(26,27)16(30,31)32/h4-8H2,1-3H3. The molecule has 0 bridgehead atoms. The fraction of sp³-hybridized carbons (Fsp3) is 0.941. The lowest BCUT2D eigenvalue weighted by atomic mass is 9.91. The molecule has 0 aromatic rings. The molecular weight excluding hydrogens is 655 g/mol. The van der Waals surface area contributed by atoms with Crippen molar-refractivity contribution in [2.75, 3.05) is 18.3 Å². The lowest BCUT2D eigenvalue weighted by molar-refractivity contribution is -0.458. The maximum absolute atomic E-state index is 14.1. The summed E-state index contributed by atoms with van der Waals surface area (Å²) in [5.74, 6) is -54.2. The fourth-order valence-electron chi connectivity index (χ4n) is 2.65. The zero-order valence-electron chi connectivity index (χ0n) is 19.9. The summed E-state index contributed by atoms with van der Waals surface area (Å²) < 4.78 is 254. The summed E-state index contributed by atoms with van der Waals surface area (Å²) in [7, 11) is -11.6. The molecule has 242 valence electrons. The Morgan fingerprint density at radius 1 is 0.600 bits per heavy atom. The maximum Gasteiger partial charge on any atom is 0.460 e. The molecule has 0 aliphatic rings. The van der Waals surface area contributed by atoms with Crippen LogP contribution in [0.2, 0.25) is 0 Å². The predicted octanol–water partition coefficient (Wildman–Crippen LogP) is 7.43. The second-order valence-electron chi connectivity index (χ2n) is 8.56. The number of hydrogen-bond acceptors (Lipinski definition) is 4. The molecule has 0 aromatic heterocycles. The van der Waals surface area contributed by atoms with Gasteiger partial charge in [0.25, 0.3) is 0 Å². The largest absolute Gasteiger partial charge is 0.460 e. The van der Waals surface area contributed by atoms with Gasteiger partial charge in [0.1, 0.15) is 5.78 Å². The van der Waals surface area contributed by atoms with Crippen LogP contribution in [0.25, 0.3) is 0 Å². The first kappa shape index (κ1) is 38.7. The Morgan fingerprint density at radius 3 is 1.30 bits per heavy atom. The van der Waals surface area contributed by atoms with E-state index in [4.69, 9.17) is 0 Å². The second kappa shape index (κ2) is 11.1. The molecule has 0 aliphatic carbocycles. The molecule has 40 heavy (non-hydrogen) atoms. The molecular formula is C17H19F17O4S2. The predicted molar refractivity (Wildman–Crippen MR) is 104 cm³/mol. The first-order valence-electron chi connectivity index (χ1n) is 10.1. The number of halogens is 17. The van der Waals surface area contributed by atoms with Crippen LogP contribution in [-0.2, 0) is 18.5 Å². The van der Waals surface area contributed by atoms with Crippen molar-refractivity contribution >= 4 is 26.2 Å². The summed E-state index contributed by atoms with van der Waals surface area (Å²) in [5, 5.41) is -7.76. The first-order valence-corrected chi connectivity index (χ1v) is 14.0. The van der Waals surface area contributed by atoms with E-state index in [0.29, 0.717) is 25.4 Å². The molecule has 0 saturated heterocycles. The number of alkyl halides is 17. The highest BCUT2D eigenvalue weighted by molar-refractivity contribution is 8.32. The van der Waals surface area contributed by atoms with Gasteiger partial charge in [-0.15, -0.1) is 10.3 Å². The van der Waals surface area contributed by atoms with Gasteiger partial charge < -0.3 is 0 Å². The Hall–Kier alpha value is -1.26. The number of ketones is 1. The van der Waals surface area contributed by atoms with Gasteiger partial charge in [-0.1, -0.05) is 19.8 Å². The molecule has 0 amide bonds. The molecule has 0 radical (unpaired) electrons. The van der Waals surface area contributed by atoms with Crippen LogP contribution in [-0.4, -0.2) is 79.4 Å². The zero-order valence-corrected chi connectivity index (χ0v) is 21.5. The Labute approximate surface area is 216 Å². The third-order valence-electron chi connectivity index (χ3n) is 4.85. The Bertz CT molecular complexity index is 1020. The summed E-state index contributed by atoms with van der Waals surface area (Å²) in [6.45, 7) is 1.66. The van der Waals surface area contributed by atoms with E-state index in [1.54, 1.807) is 6.92 Å². The molecule has 0 aliphatic heterocycles. The van der Waals surface area contributed by atoms with E-state index in [-0.39, 0.29) is 12.8 Å². The summed E-state index contributed by atoms with van der Waals surface area (Å²) in [4.78, 5) is 11.8. The smallest absolute Gasteiger partial charge is 0.299 e. The van der Waals surface area contributed by atoms with Gasteiger partial charge in [0.15, 0.2) is 0 Å². The van der Waals surface area contributed by atoms with E-state index >= 15 is 0 Å². The highest BCUT2D eigenvalue weighted by Crippen LogP contribution is 2.65. The third-order valence-corrected chi connectivity index (χ3v) is 8.94. The van der Waals surface area contributed by atoms with Gasteiger partial charge in [-0.05, 0) is 18.9 Å². The first-order chi connectivity index (χ1) is 17.2. The molecule has 0 atom stereocenters. The molecule has 0 saturated carbocycles. The lowest BCUT2D eigenvalue weighted by Gasteiger charge is -2.42. The average Bonchev–Trinajstić information content (AvgIpc) is 2.70. The van der Waals surface area contributed by atoms with Crippen LogP contribution in [0.4, 0.5) is 74.6 Å². The minimum absolute atomic E-state index is 0.138. The Balaban J connectivity index is 6.64. The van der Waals surface area contributed by atoms with Crippen LogP contribution in [0.1, 0.15) is 32.6 Å². The van der Waals surface area contributed by atoms with E-state index in [1.807, 2.05) is 0 Å². The number of carbonyl (C=O) groups is 1. The van der Waals surface area contributed by atoms with E-state index in [2.05, 4.69) is 3.63 Å². The molecule has 0 unspecified atom stereocenters. The lowest BCUT2D eigenvalue weighted by Crippen LogP contribution is -2.75. The topological polar surface area (TPSA) is 60.4 Å². The monoisotopic (exact) mass is 674 g/mol. The van der Waals surface area contributed by atoms with Crippen molar-refractivity contribution in [2.24, 2.45) is 0 Å². The van der Waals surface area contributed by atoms with E-state index in [9.17, 15) is 87.8 Å². The highest BCUT2D eigenvalue weighted by Gasteiger charge is 2.96. The van der Waals surface area contributed by atoms with Crippen LogP contribution in [0.3, 0.4) is 0 Å². The van der Waals surface area contributed by atoms with Gasteiger partial charge in [0.2, 0.25) is 0 Å². The van der Waals surface area contributed by atoms with Gasteiger partial charge in [-0.25, -0.2) is 3.63 Å². The summed E-state index contributed by atoms with van der Waals surface area (Å²) in [5.41, 5.74) is 0. The average molecular weight is 674 g/mol. The van der Waals surface area contributed by atoms with Crippen LogP contribution in [0, 0.1) is 0 Å². The van der Waals surface area contributed by atoms with Crippen LogP contribution in [0.5, 0.6) is 0 Å². The molecule has 0 fully saturated rings. The van der Waals surface area contributed by atoms with E-state index < -0.39 is 78.9 Å². The summed E-state index contributed by atoms with van der Waals surface area (Å²) in [6, 6.07) is 0. The van der Waals surface area contributed by atoms with Crippen molar-refractivity contribution in [3.63, 3.8) is 0 Å². The maximum atomic E-state index is 14.1. The van der Waals surface area contributed by atoms with Crippen molar-refractivity contribution in [1.82, 2.24) is 0 Å². The van der Waals surface area contributed by atoms with Crippen molar-refractivity contribution in [1.29, 1.82) is 0 Å².